The predicted octanol–water partition coefficient (Wildman–Crippen LogP) is 7.17. The molecule has 170 valence electrons. The van der Waals surface area contributed by atoms with E-state index in [0.29, 0.717) is 21.3 Å². The molecule has 35 heavy (non-hydrogen) atoms. The van der Waals surface area contributed by atoms with Crippen LogP contribution in [0.5, 0.6) is 0 Å². The summed E-state index contributed by atoms with van der Waals surface area (Å²) < 4.78 is 2.30. The number of nitrogens with zero attached hydrogens (tertiary/aromatic N) is 4. The van der Waals surface area contributed by atoms with E-state index in [0.717, 1.165) is 43.2 Å². The molecule has 3 aromatic heterocycles. The molecule has 6 nitrogen and oxygen atoms in total. The van der Waals surface area contributed by atoms with Gasteiger partial charge in [0.05, 0.1) is 16.3 Å². The van der Waals surface area contributed by atoms with E-state index in [9.17, 15) is 0 Å². The van der Waals surface area contributed by atoms with Crippen LogP contribution in [0.15, 0.2) is 84.9 Å². The lowest BCUT2D eigenvalue weighted by Crippen LogP contribution is -1.99. The highest BCUT2D eigenvalue weighted by Gasteiger charge is 2.24. The molecule has 3 aromatic carbocycles. The molecule has 0 radical (unpaired) electrons. The van der Waals surface area contributed by atoms with Gasteiger partial charge < -0.3 is 5.73 Å². The van der Waals surface area contributed by atoms with E-state index in [1.807, 2.05) is 77.4 Å². The van der Waals surface area contributed by atoms with Crippen LogP contribution >= 0.6 is 35.2 Å². The maximum absolute atomic E-state index is 6.86. The van der Waals surface area contributed by atoms with Gasteiger partial charge in [-0.05, 0) is 42.0 Å². The normalized spacial score (nSPS) is 11.2. The fourth-order valence-electron chi connectivity index (χ4n) is 4.14. The molecular weight excluding hydrogens is 496 g/mol. The Balaban J connectivity index is 1.64. The second kappa shape index (κ2) is 8.74. The molecule has 6 rings (SSSR count). The Kier molecular flexibility index (Phi) is 5.41. The fraction of sp³-hybridized carbons (Fsp3) is 0. The van der Waals surface area contributed by atoms with Gasteiger partial charge in [0.1, 0.15) is 10.5 Å². The van der Waals surface area contributed by atoms with Crippen molar-refractivity contribution in [3.63, 3.8) is 0 Å². The molecule has 0 atom stereocenters. The largest absolute Gasteiger partial charge is 0.397 e. The summed E-state index contributed by atoms with van der Waals surface area (Å²) in [6.45, 7) is 0. The molecule has 3 heterocycles. The van der Waals surface area contributed by atoms with Crippen molar-refractivity contribution >= 4 is 51.1 Å². The van der Waals surface area contributed by atoms with Crippen LogP contribution in [0.2, 0.25) is 5.02 Å². The van der Waals surface area contributed by atoms with Gasteiger partial charge in [-0.15, -0.1) is 21.5 Å². The lowest BCUT2D eigenvalue weighted by atomic mass is 9.96. The molecule has 3 N–H and O–H groups in total. The third-order valence-corrected chi connectivity index (χ3v) is 7.34. The lowest BCUT2D eigenvalue weighted by molar-refractivity contribution is 1.04. The predicted molar refractivity (Wildman–Crippen MR) is 145 cm³/mol. The number of aromatic nitrogens is 5. The molecule has 0 fully saturated rings. The third kappa shape index (κ3) is 3.72. The highest BCUT2D eigenvalue weighted by molar-refractivity contribution is 7.71. The topological polar surface area (TPSA) is 85.4 Å². The van der Waals surface area contributed by atoms with Crippen molar-refractivity contribution in [1.82, 2.24) is 25.0 Å². The van der Waals surface area contributed by atoms with Crippen molar-refractivity contribution in [2.45, 2.75) is 0 Å². The Bertz CT molecular complexity index is 1720. The number of nitrogens with one attached hydrogen (secondary N) is 1. The van der Waals surface area contributed by atoms with E-state index in [1.165, 1.54) is 11.3 Å². The average molecular weight is 513 g/mol. The van der Waals surface area contributed by atoms with Crippen LogP contribution in [-0.4, -0.2) is 25.0 Å². The maximum atomic E-state index is 6.86. The number of benzene rings is 3. The number of rotatable bonds is 4. The molecule has 0 aliphatic carbocycles. The first-order valence-corrected chi connectivity index (χ1v) is 12.4. The Morgan fingerprint density at radius 3 is 2.20 bits per heavy atom. The van der Waals surface area contributed by atoms with E-state index in [4.69, 9.17) is 29.6 Å². The fourth-order valence-corrected chi connectivity index (χ4v) is 5.53. The van der Waals surface area contributed by atoms with Crippen molar-refractivity contribution in [3.05, 3.63) is 94.7 Å². The van der Waals surface area contributed by atoms with Crippen LogP contribution in [-0.2, 0) is 0 Å². The molecule has 0 spiro atoms. The lowest BCUT2D eigenvalue weighted by Gasteiger charge is -2.11. The molecule has 0 saturated carbocycles. The standard InChI is InChI=1S/C26H17ClN6S2/c27-17-11-13-18(14-12-17)33-24(30-32-26(33)34)23-21(28)20-19(15-7-3-1-4-8-15)22(29-31-25(20)35-23)16-9-5-2-6-10-16/h1-14H,28H2,(H,32,34). The minimum atomic E-state index is 0.457. The second-order valence-electron chi connectivity index (χ2n) is 7.84. The second-order valence-corrected chi connectivity index (χ2v) is 9.67. The molecule has 9 heteroatoms. The summed E-state index contributed by atoms with van der Waals surface area (Å²) >= 11 is 13.1. The summed E-state index contributed by atoms with van der Waals surface area (Å²) in [6.07, 6.45) is 0. The molecule has 0 aliphatic rings. The molecule has 0 bridgehead atoms. The highest BCUT2D eigenvalue weighted by atomic mass is 35.5. The summed E-state index contributed by atoms with van der Waals surface area (Å²) in [7, 11) is 0. The first-order valence-electron chi connectivity index (χ1n) is 10.7. The molecule has 0 unspecified atom stereocenters. The van der Waals surface area contributed by atoms with Gasteiger partial charge in [0.25, 0.3) is 0 Å². The first kappa shape index (κ1) is 21.7. The summed E-state index contributed by atoms with van der Waals surface area (Å²) in [5, 5.41) is 18.1. The third-order valence-electron chi connectivity index (χ3n) is 5.72. The van der Waals surface area contributed by atoms with E-state index in [-0.39, 0.29) is 0 Å². The van der Waals surface area contributed by atoms with Crippen LogP contribution in [0.4, 0.5) is 5.69 Å². The van der Waals surface area contributed by atoms with E-state index in [1.54, 1.807) is 0 Å². The number of hydrogen-bond acceptors (Lipinski definition) is 6. The quantitative estimate of drug-likeness (QED) is 0.244. The van der Waals surface area contributed by atoms with Gasteiger partial charge in [-0.3, -0.25) is 9.67 Å². The molecular formula is C26H17ClN6S2. The Hall–Kier alpha value is -3.85. The summed E-state index contributed by atoms with van der Waals surface area (Å²) in [4.78, 5) is 1.49. The Morgan fingerprint density at radius 1 is 0.857 bits per heavy atom. The van der Waals surface area contributed by atoms with Gasteiger partial charge in [-0.1, -0.05) is 72.3 Å². The zero-order valence-corrected chi connectivity index (χ0v) is 20.5. The summed E-state index contributed by atoms with van der Waals surface area (Å²) in [5.41, 5.74) is 12.0. The van der Waals surface area contributed by atoms with Crippen molar-refractivity contribution in [3.8, 4) is 38.8 Å². The molecule has 0 saturated heterocycles. The van der Waals surface area contributed by atoms with Crippen LogP contribution in [0, 0.1) is 4.77 Å². The van der Waals surface area contributed by atoms with E-state index in [2.05, 4.69) is 32.5 Å². The van der Waals surface area contributed by atoms with Crippen molar-refractivity contribution < 1.29 is 0 Å². The van der Waals surface area contributed by atoms with Crippen molar-refractivity contribution in [2.75, 3.05) is 5.73 Å². The number of fused-ring (bicyclic) bond motifs is 1. The van der Waals surface area contributed by atoms with Crippen LogP contribution in [0.25, 0.3) is 49.0 Å². The van der Waals surface area contributed by atoms with Crippen molar-refractivity contribution in [1.29, 1.82) is 0 Å². The highest BCUT2D eigenvalue weighted by Crippen LogP contribution is 2.46. The van der Waals surface area contributed by atoms with Gasteiger partial charge >= 0.3 is 0 Å². The van der Waals surface area contributed by atoms with Gasteiger partial charge in [0, 0.05) is 21.5 Å². The summed E-state index contributed by atoms with van der Waals surface area (Å²) in [6, 6.07) is 27.5. The number of H-pyrrole nitrogens is 1. The zero-order valence-electron chi connectivity index (χ0n) is 18.1. The van der Waals surface area contributed by atoms with Gasteiger partial charge in [0.15, 0.2) is 10.6 Å². The number of nitrogens with two attached hydrogens (primary N) is 1. The number of nitrogen functional groups attached to an aromatic ring is 1. The van der Waals surface area contributed by atoms with Crippen LogP contribution < -0.4 is 5.73 Å². The first-order chi connectivity index (χ1) is 17.1. The maximum Gasteiger partial charge on any atom is 0.200 e. The average Bonchev–Trinajstić information content (AvgIpc) is 3.44. The number of anilines is 1. The van der Waals surface area contributed by atoms with Crippen LogP contribution in [0.1, 0.15) is 0 Å². The summed E-state index contributed by atoms with van der Waals surface area (Å²) in [5.74, 6) is 0.609. The number of halogens is 1. The van der Waals surface area contributed by atoms with Crippen LogP contribution in [0.3, 0.4) is 0 Å². The molecule has 0 amide bonds. The zero-order chi connectivity index (χ0) is 23.9. The SMILES string of the molecule is Nc1c(-c2n[nH]c(=S)n2-c2ccc(Cl)cc2)sc2nnc(-c3ccccc3)c(-c3ccccc3)c12. The van der Waals surface area contributed by atoms with Crippen molar-refractivity contribution in [2.24, 2.45) is 0 Å². The smallest absolute Gasteiger partial charge is 0.200 e. The minimum Gasteiger partial charge on any atom is -0.397 e. The Morgan fingerprint density at radius 2 is 1.51 bits per heavy atom. The number of hydrogen-bond donors (Lipinski definition) is 2. The molecule has 0 aliphatic heterocycles. The monoisotopic (exact) mass is 512 g/mol. The number of aromatic amines is 1. The van der Waals surface area contributed by atoms with Gasteiger partial charge in [-0.25, -0.2) is 0 Å². The molecule has 6 aromatic rings. The minimum absolute atomic E-state index is 0.457. The van der Waals surface area contributed by atoms with Gasteiger partial charge in [-0.2, -0.15) is 5.10 Å². The van der Waals surface area contributed by atoms with E-state index < -0.39 is 0 Å². The number of thiophene rings is 1. The van der Waals surface area contributed by atoms with Gasteiger partial charge in [0.2, 0.25) is 0 Å². The Labute approximate surface area is 214 Å². The van der Waals surface area contributed by atoms with E-state index >= 15 is 0 Å².